The molecule has 0 spiro atoms. The number of carboxylic acids is 2. The first kappa shape index (κ1) is 19.7. The van der Waals surface area contributed by atoms with Crippen molar-refractivity contribution >= 4 is 22.7 Å². The van der Waals surface area contributed by atoms with Crippen molar-refractivity contribution in [3.63, 3.8) is 0 Å². The summed E-state index contributed by atoms with van der Waals surface area (Å²) < 4.78 is 0. The molecule has 5 nitrogen and oxygen atoms in total. The molecule has 0 aliphatic heterocycles. The van der Waals surface area contributed by atoms with Crippen molar-refractivity contribution in [2.24, 2.45) is 0 Å². The molecule has 19 heavy (non-hydrogen) atoms. The topological polar surface area (TPSA) is 94.8 Å². The largest absolute Gasteiger partial charge is 1.00 e. The van der Waals surface area contributed by atoms with Gasteiger partial charge in [-0.05, 0) is 35.0 Å². The van der Waals surface area contributed by atoms with Crippen LogP contribution in [0.3, 0.4) is 0 Å². The first-order valence-electron chi connectivity index (χ1n) is 4.72. The smallest absolute Gasteiger partial charge is 1.00 e. The number of phenols is 1. The molecule has 0 amide bonds. The molecule has 0 aliphatic rings. The number of carboxylic acid groups (broad SMARTS) is 2. The van der Waals surface area contributed by atoms with Gasteiger partial charge in [-0.3, -0.25) is 0 Å². The van der Waals surface area contributed by atoms with Crippen molar-refractivity contribution in [1.29, 1.82) is 0 Å². The van der Waals surface area contributed by atoms with Crippen LogP contribution in [-0.2, 0) is 0 Å². The number of hydrogen-bond acceptors (Lipinski definition) is 3. The van der Waals surface area contributed by atoms with Crippen LogP contribution in [0.2, 0.25) is 0 Å². The Hall–Kier alpha value is 0.713. The molecule has 0 fully saturated rings. The molecule has 2 aromatic carbocycles. The van der Waals surface area contributed by atoms with E-state index in [0.29, 0.717) is 10.8 Å². The van der Waals surface area contributed by atoms with Gasteiger partial charge in [0.1, 0.15) is 11.3 Å². The van der Waals surface area contributed by atoms with Crippen LogP contribution in [0.4, 0.5) is 0 Å². The summed E-state index contributed by atoms with van der Waals surface area (Å²) >= 11 is 0. The van der Waals surface area contributed by atoms with Gasteiger partial charge >= 0.3 is 115 Å². The minimum atomic E-state index is -1.26. The summed E-state index contributed by atoms with van der Waals surface area (Å²) in [6.07, 6.45) is 0. The molecule has 0 aromatic heterocycles. The zero-order valence-electron chi connectivity index (χ0n) is 12.5. The SMILES string of the molecule is O=C(O)c1ccc2cc(O)c(C(=O)O)cc2c1.[H-].[H-].[K+].[K+]. The molecule has 3 N–H and O–H groups in total. The van der Waals surface area contributed by atoms with E-state index in [1.54, 1.807) is 0 Å². The predicted molar refractivity (Wildman–Crippen MR) is 61.8 cm³/mol. The third-order valence-electron chi connectivity index (χ3n) is 2.43. The number of fused-ring (bicyclic) bond motifs is 1. The fraction of sp³-hybridized carbons (Fsp3) is 0. The summed E-state index contributed by atoms with van der Waals surface area (Å²) in [5, 5.41) is 28.1. The molecule has 0 atom stereocenters. The zero-order valence-corrected chi connectivity index (χ0v) is 16.8. The maximum Gasteiger partial charge on any atom is 1.00 e. The zero-order chi connectivity index (χ0) is 12.6. The molecule has 0 bridgehead atoms. The van der Waals surface area contributed by atoms with Gasteiger partial charge in [-0.25, -0.2) is 9.59 Å². The average Bonchev–Trinajstić information content (AvgIpc) is 2.27. The quantitative estimate of drug-likeness (QED) is 0.494. The van der Waals surface area contributed by atoms with Crippen LogP contribution in [0.5, 0.6) is 5.75 Å². The average molecular weight is 312 g/mol. The number of aromatic carboxylic acids is 2. The fourth-order valence-electron chi connectivity index (χ4n) is 1.59. The van der Waals surface area contributed by atoms with Crippen molar-refractivity contribution in [2.45, 2.75) is 0 Å². The second-order valence-corrected chi connectivity index (χ2v) is 3.54. The Kier molecular flexibility index (Phi) is 8.54. The van der Waals surface area contributed by atoms with E-state index in [-0.39, 0.29) is 122 Å². The van der Waals surface area contributed by atoms with Crippen LogP contribution in [-0.4, -0.2) is 27.3 Å². The van der Waals surface area contributed by atoms with E-state index < -0.39 is 11.9 Å². The molecular formula is C12H10K2O5. The Morgan fingerprint density at radius 1 is 0.895 bits per heavy atom. The van der Waals surface area contributed by atoms with Gasteiger partial charge in [0.15, 0.2) is 0 Å². The number of carbonyl (C=O) groups is 2. The van der Waals surface area contributed by atoms with Gasteiger partial charge in [0.2, 0.25) is 0 Å². The van der Waals surface area contributed by atoms with Crippen molar-refractivity contribution < 1.29 is 131 Å². The number of hydrogen-bond donors (Lipinski definition) is 3. The van der Waals surface area contributed by atoms with Crippen LogP contribution < -0.4 is 103 Å². The normalized spacial score (nSPS) is 9.26. The Morgan fingerprint density at radius 2 is 1.53 bits per heavy atom. The summed E-state index contributed by atoms with van der Waals surface area (Å²) in [6, 6.07) is 6.82. The Bertz CT molecular complexity index is 649. The number of aromatic hydroxyl groups is 1. The molecule has 2 aromatic rings. The third kappa shape index (κ3) is 4.60. The third-order valence-corrected chi connectivity index (χ3v) is 2.43. The summed E-state index contributed by atoms with van der Waals surface area (Å²) in [5.41, 5.74) is -0.181. The van der Waals surface area contributed by atoms with Crippen molar-refractivity contribution in [1.82, 2.24) is 0 Å². The Balaban J connectivity index is -0.000000810. The Morgan fingerprint density at radius 3 is 2.05 bits per heavy atom. The van der Waals surface area contributed by atoms with Gasteiger partial charge in [-0.1, -0.05) is 6.07 Å². The molecule has 0 saturated heterocycles. The minimum absolute atomic E-state index is 0. The maximum atomic E-state index is 10.8. The minimum Gasteiger partial charge on any atom is -1.00 e. The molecule has 2 rings (SSSR count). The van der Waals surface area contributed by atoms with E-state index >= 15 is 0 Å². The van der Waals surface area contributed by atoms with Crippen molar-refractivity contribution in [2.75, 3.05) is 0 Å². The van der Waals surface area contributed by atoms with Gasteiger partial charge in [0, 0.05) is 0 Å². The molecule has 90 valence electrons. The summed E-state index contributed by atoms with van der Waals surface area (Å²) in [4.78, 5) is 21.6. The fourth-order valence-corrected chi connectivity index (χ4v) is 1.59. The molecular weight excluding hydrogens is 302 g/mol. The van der Waals surface area contributed by atoms with Gasteiger partial charge in [0.05, 0.1) is 5.56 Å². The van der Waals surface area contributed by atoms with Gasteiger partial charge < -0.3 is 18.2 Å². The van der Waals surface area contributed by atoms with E-state index in [0.717, 1.165) is 0 Å². The van der Waals surface area contributed by atoms with Crippen LogP contribution >= 0.6 is 0 Å². The van der Waals surface area contributed by atoms with E-state index in [4.69, 9.17) is 10.2 Å². The van der Waals surface area contributed by atoms with Crippen molar-refractivity contribution in [3.05, 3.63) is 41.5 Å². The summed E-state index contributed by atoms with van der Waals surface area (Å²) in [6.45, 7) is 0. The van der Waals surface area contributed by atoms with Crippen LogP contribution in [0, 0.1) is 0 Å². The molecule has 0 heterocycles. The van der Waals surface area contributed by atoms with Crippen LogP contribution in [0.25, 0.3) is 10.8 Å². The van der Waals surface area contributed by atoms with E-state index in [9.17, 15) is 14.7 Å². The monoisotopic (exact) mass is 312 g/mol. The first-order valence-corrected chi connectivity index (χ1v) is 4.72. The first-order chi connectivity index (χ1) is 7.99. The van der Waals surface area contributed by atoms with E-state index in [2.05, 4.69) is 0 Å². The summed E-state index contributed by atoms with van der Waals surface area (Å²) in [7, 11) is 0. The van der Waals surface area contributed by atoms with Crippen molar-refractivity contribution in [3.8, 4) is 5.75 Å². The Labute approximate surface area is 196 Å². The van der Waals surface area contributed by atoms with Gasteiger partial charge in [-0.2, -0.15) is 0 Å². The second-order valence-electron chi connectivity index (χ2n) is 3.54. The molecule has 0 aliphatic carbocycles. The standard InChI is InChI=1S/C12H8O5.2K.2H/c13-10-5-6-1-2-7(11(14)15)3-8(6)4-9(10)12(16)17;;;;/h1-5,13H,(H,14,15)(H,16,17);;;;/q;2*+1;2*-1. The van der Waals surface area contributed by atoms with Crippen LogP contribution in [0.15, 0.2) is 30.3 Å². The maximum absolute atomic E-state index is 10.8. The number of rotatable bonds is 2. The van der Waals surface area contributed by atoms with E-state index in [1.165, 1.54) is 30.3 Å². The van der Waals surface area contributed by atoms with E-state index in [1.807, 2.05) is 0 Å². The number of benzene rings is 2. The molecule has 0 saturated carbocycles. The second kappa shape index (κ2) is 8.23. The molecule has 0 radical (unpaired) electrons. The summed E-state index contributed by atoms with van der Waals surface area (Å²) in [5.74, 6) is -2.69. The van der Waals surface area contributed by atoms with Gasteiger partial charge in [-0.15, -0.1) is 0 Å². The van der Waals surface area contributed by atoms with Crippen LogP contribution in [0.1, 0.15) is 23.6 Å². The molecule has 0 unspecified atom stereocenters. The van der Waals surface area contributed by atoms with Gasteiger partial charge in [0.25, 0.3) is 0 Å². The molecule has 7 heteroatoms. The predicted octanol–water partition coefficient (Wildman–Crippen LogP) is -3.83.